The van der Waals surface area contributed by atoms with Crippen molar-refractivity contribution in [1.82, 2.24) is 14.7 Å². The van der Waals surface area contributed by atoms with E-state index in [0.717, 1.165) is 19.6 Å². The SMILES string of the molecule is CN(C)Cc1ccccc1B(c1ccccc1CN(C)C)c1ccccc1CN(C)C.O. The molecule has 0 spiro atoms. The predicted octanol–water partition coefficient (Wildman–Crippen LogP) is 1.56. The van der Waals surface area contributed by atoms with E-state index in [2.05, 4.69) is 130 Å². The summed E-state index contributed by atoms with van der Waals surface area (Å²) in [5.74, 6) is 0. The van der Waals surface area contributed by atoms with Crippen LogP contribution in [0.5, 0.6) is 0 Å². The Bertz CT molecular complexity index is 861. The molecule has 3 aromatic rings. The molecule has 4 nitrogen and oxygen atoms in total. The summed E-state index contributed by atoms with van der Waals surface area (Å²) in [6, 6.07) is 26.9. The van der Waals surface area contributed by atoms with Crippen LogP contribution in [0, 0.1) is 0 Å². The summed E-state index contributed by atoms with van der Waals surface area (Å²) in [5.41, 5.74) is 8.35. The number of hydrogen-bond acceptors (Lipinski definition) is 3. The lowest BCUT2D eigenvalue weighted by Gasteiger charge is -2.26. The monoisotopic (exact) mass is 431 g/mol. The molecule has 0 aliphatic rings. The Hall–Kier alpha value is -2.44. The van der Waals surface area contributed by atoms with Gasteiger partial charge in [-0.05, 0) is 59.0 Å². The van der Waals surface area contributed by atoms with Gasteiger partial charge >= 0.3 is 0 Å². The van der Waals surface area contributed by atoms with Gasteiger partial charge in [-0.15, -0.1) is 0 Å². The van der Waals surface area contributed by atoms with Crippen molar-refractivity contribution in [1.29, 1.82) is 0 Å². The van der Waals surface area contributed by atoms with Crippen LogP contribution in [0.15, 0.2) is 72.8 Å². The zero-order valence-electron chi connectivity index (χ0n) is 20.5. The smallest absolute Gasteiger partial charge is 0.242 e. The average Bonchev–Trinajstić information content (AvgIpc) is 2.70. The maximum Gasteiger partial charge on any atom is 0.242 e. The minimum atomic E-state index is 0. The van der Waals surface area contributed by atoms with Crippen molar-refractivity contribution in [2.75, 3.05) is 42.3 Å². The van der Waals surface area contributed by atoms with Crippen LogP contribution in [0.25, 0.3) is 0 Å². The third-order valence-electron chi connectivity index (χ3n) is 5.56. The van der Waals surface area contributed by atoms with Crippen LogP contribution >= 0.6 is 0 Å². The lowest BCUT2D eigenvalue weighted by atomic mass is 9.34. The van der Waals surface area contributed by atoms with Gasteiger partial charge in [-0.25, -0.2) is 0 Å². The largest absolute Gasteiger partial charge is 0.412 e. The summed E-state index contributed by atoms with van der Waals surface area (Å²) in [5, 5.41) is 0. The normalized spacial score (nSPS) is 11.2. The molecular formula is C27H38BN3O. The van der Waals surface area contributed by atoms with Gasteiger partial charge in [-0.1, -0.05) is 89.2 Å². The quantitative estimate of drug-likeness (QED) is 0.483. The minimum absolute atomic E-state index is 0. The Labute approximate surface area is 194 Å². The summed E-state index contributed by atoms with van der Waals surface area (Å²) in [6.45, 7) is 2.98. The maximum absolute atomic E-state index is 2.32. The van der Waals surface area contributed by atoms with Gasteiger partial charge in [-0.2, -0.15) is 0 Å². The highest BCUT2D eigenvalue weighted by Crippen LogP contribution is 2.10. The Morgan fingerprint density at radius 1 is 0.469 bits per heavy atom. The average molecular weight is 431 g/mol. The van der Waals surface area contributed by atoms with Gasteiger partial charge in [0.15, 0.2) is 0 Å². The molecule has 170 valence electrons. The first kappa shape index (κ1) is 25.8. The Morgan fingerprint density at radius 2 is 0.719 bits per heavy atom. The van der Waals surface area contributed by atoms with E-state index >= 15 is 0 Å². The molecule has 0 aliphatic heterocycles. The molecule has 0 aliphatic carbocycles. The molecule has 3 aromatic carbocycles. The molecule has 0 saturated carbocycles. The maximum atomic E-state index is 2.32. The molecule has 0 fully saturated rings. The van der Waals surface area contributed by atoms with Gasteiger partial charge in [-0.3, -0.25) is 0 Å². The molecule has 0 radical (unpaired) electrons. The number of nitrogens with zero attached hydrogens (tertiary/aromatic N) is 3. The van der Waals surface area contributed by atoms with Gasteiger partial charge in [0.05, 0.1) is 0 Å². The van der Waals surface area contributed by atoms with Crippen LogP contribution in [0.1, 0.15) is 16.7 Å². The first-order chi connectivity index (χ1) is 14.9. The van der Waals surface area contributed by atoms with E-state index in [4.69, 9.17) is 0 Å². The fourth-order valence-corrected chi connectivity index (χ4v) is 4.40. The third-order valence-corrected chi connectivity index (χ3v) is 5.56. The van der Waals surface area contributed by atoms with Gasteiger partial charge in [0.2, 0.25) is 6.71 Å². The standard InChI is InChI=1S/C27H36BN3.H2O/c1-29(2)19-22-13-7-10-16-25(22)28(26-17-11-8-14-23(26)20-30(3)4)27-18-12-9-15-24(27)21-31(5)6;/h7-18H,19-21H2,1-6H3;1H2. The second-order valence-electron chi connectivity index (χ2n) is 9.24. The zero-order chi connectivity index (χ0) is 22.4. The molecule has 0 unspecified atom stereocenters. The molecule has 0 atom stereocenters. The molecular weight excluding hydrogens is 393 g/mol. The zero-order valence-corrected chi connectivity index (χ0v) is 20.5. The van der Waals surface area contributed by atoms with E-state index in [1.54, 1.807) is 0 Å². The number of benzene rings is 3. The van der Waals surface area contributed by atoms with Gasteiger partial charge < -0.3 is 20.2 Å². The Morgan fingerprint density at radius 3 is 0.969 bits per heavy atom. The summed E-state index contributed by atoms with van der Waals surface area (Å²) >= 11 is 0. The summed E-state index contributed by atoms with van der Waals surface area (Å²) in [7, 11) is 12.9. The highest BCUT2D eigenvalue weighted by molar-refractivity contribution is 6.96. The lowest BCUT2D eigenvalue weighted by Crippen LogP contribution is -2.56. The molecule has 0 aromatic heterocycles. The van der Waals surface area contributed by atoms with Crippen molar-refractivity contribution in [3.8, 4) is 0 Å². The van der Waals surface area contributed by atoms with E-state index in [0.29, 0.717) is 0 Å². The van der Waals surface area contributed by atoms with Crippen LogP contribution < -0.4 is 16.4 Å². The molecule has 0 heterocycles. The number of rotatable bonds is 9. The molecule has 0 amide bonds. The first-order valence-corrected chi connectivity index (χ1v) is 11.0. The van der Waals surface area contributed by atoms with Crippen molar-refractivity contribution < 1.29 is 5.48 Å². The van der Waals surface area contributed by atoms with Crippen molar-refractivity contribution in [3.63, 3.8) is 0 Å². The summed E-state index contributed by atoms with van der Waals surface area (Å²) < 4.78 is 0. The predicted molar refractivity (Wildman–Crippen MR) is 140 cm³/mol. The summed E-state index contributed by atoms with van der Waals surface area (Å²) in [4.78, 5) is 6.77. The van der Waals surface area contributed by atoms with E-state index in [9.17, 15) is 0 Å². The molecule has 2 N–H and O–H groups in total. The molecule has 0 saturated heterocycles. The highest BCUT2D eigenvalue weighted by atomic mass is 16.0. The second-order valence-corrected chi connectivity index (χ2v) is 9.24. The van der Waals surface area contributed by atoms with E-state index < -0.39 is 0 Å². The third kappa shape index (κ3) is 6.53. The van der Waals surface area contributed by atoms with Crippen LogP contribution in [-0.2, 0) is 19.6 Å². The van der Waals surface area contributed by atoms with Crippen molar-refractivity contribution in [3.05, 3.63) is 89.5 Å². The van der Waals surface area contributed by atoms with E-state index in [1.165, 1.54) is 33.1 Å². The minimum Gasteiger partial charge on any atom is -0.412 e. The van der Waals surface area contributed by atoms with Crippen molar-refractivity contribution in [2.45, 2.75) is 19.6 Å². The van der Waals surface area contributed by atoms with Crippen LogP contribution in [0.2, 0.25) is 0 Å². The van der Waals surface area contributed by atoms with Crippen molar-refractivity contribution >= 4 is 23.1 Å². The van der Waals surface area contributed by atoms with E-state index in [1.807, 2.05) is 0 Å². The second kappa shape index (κ2) is 12.0. The van der Waals surface area contributed by atoms with Crippen LogP contribution in [0.4, 0.5) is 0 Å². The Kier molecular flexibility index (Phi) is 9.67. The number of hydrogen-bond donors (Lipinski definition) is 0. The Balaban J connectivity index is 0.00000363. The topological polar surface area (TPSA) is 41.2 Å². The van der Waals surface area contributed by atoms with Crippen LogP contribution in [-0.4, -0.2) is 69.2 Å². The molecule has 32 heavy (non-hydrogen) atoms. The van der Waals surface area contributed by atoms with Gasteiger partial charge in [0.25, 0.3) is 0 Å². The summed E-state index contributed by atoms with van der Waals surface area (Å²) in [6.07, 6.45) is 0. The van der Waals surface area contributed by atoms with Crippen LogP contribution in [0.3, 0.4) is 0 Å². The molecule has 0 bridgehead atoms. The highest BCUT2D eigenvalue weighted by Gasteiger charge is 2.28. The fourth-order valence-electron chi connectivity index (χ4n) is 4.40. The van der Waals surface area contributed by atoms with Crippen molar-refractivity contribution in [2.24, 2.45) is 0 Å². The molecule has 5 heteroatoms. The lowest BCUT2D eigenvalue weighted by molar-refractivity contribution is 0.403. The van der Waals surface area contributed by atoms with E-state index in [-0.39, 0.29) is 12.2 Å². The van der Waals surface area contributed by atoms with Gasteiger partial charge in [0, 0.05) is 19.6 Å². The van der Waals surface area contributed by atoms with Gasteiger partial charge in [0.1, 0.15) is 0 Å². The fraction of sp³-hybridized carbons (Fsp3) is 0.333. The molecule has 3 rings (SSSR count). The first-order valence-electron chi connectivity index (χ1n) is 11.0.